The Labute approximate surface area is 130 Å². The number of allylic oxidation sites excluding steroid dienone is 1. The van der Waals surface area contributed by atoms with E-state index >= 15 is 0 Å². The van der Waals surface area contributed by atoms with E-state index in [1.807, 2.05) is 67.6 Å². The van der Waals surface area contributed by atoms with Crippen LogP contribution in [0, 0.1) is 6.92 Å². The van der Waals surface area contributed by atoms with Gasteiger partial charge in [-0.05, 0) is 30.2 Å². The van der Waals surface area contributed by atoms with Crippen molar-refractivity contribution in [3.63, 3.8) is 0 Å². The van der Waals surface area contributed by atoms with E-state index in [1.54, 1.807) is 6.08 Å². The van der Waals surface area contributed by atoms with Gasteiger partial charge in [-0.3, -0.25) is 4.79 Å². The van der Waals surface area contributed by atoms with E-state index in [9.17, 15) is 4.79 Å². The number of carbonyl (C=O) groups is 1. The van der Waals surface area contributed by atoms with Gasteiger partial charge in [0.2, 0.25) is 0 Å². The van der Waals surface area contributed by atoms with Crippen LogP contribution in [0.25, 0.3) is 6.08 Å². The van der Waals surface area contributed by atoms with Gasteiger partial charge in [0.1, 0.15) is 5.75 Å². The van der Waals surface area contributed by atoms with Crippen LogP contribution in [0.1, 0.15) is 11.1 Å². The number of rotatable bonds is 6. The number of amides is 1. The molecule has 22 heavy (non-hydrogen) atoms. The number of hydrazone groups is 1. The van der Waals surface area contributed by atoms with Crippen LogP contribution in [0.4, 0.5) is 0 Å². The predicted octanol–water partition coefficient (Wildman–Crippen LogP) is 3.19. The van der Waals surface area contributed by atoms with Crippen LogP contribution < -0.4 is 10.2 Å². The molecular formula is C18H18N2O2. The molecule has 0 spiro atoms. The number of carbonyl (C=O) groups excluding carboxylic acids is 1. The molecule has 4 nitrogen and oxygen atoms in total. The molecule has 0 saturated carbocycles. The standard InChI is InChI=1S/C18H18N2O2/c1-15-8-5-6-12-17(15)22-14-18(21)20-19-13-7-11-16-9-3-2-4-10-16/h2-13H,14H2,1H3,(H,20,21)/b11-7+,19-13-. The summed E-state index contributed by atoms with van der Waals surface area (Å²) < 4.78 is 5.42. The van der Waals surface area contributed by atoms with E-state index in [2.05, 4.69) is 10.5 Å². The molecular weight excluding hydrogens is 276 g/mol. The number of para-hydroxylation sites is 1. The normalized spacial score (nSPS) is 11.0. The molecule has 0 unspecified atom stereocenters. The molecule has 112 valence electrons. The summed E-state index contributed by atoms with van der Waals surface area (Å²) >= 11 is 0. The largest absolute Gasteiger partial charge is 0.483 e. The number of ether oxygens (including phenoxy) is 1. The Hall–Kier alpha value is -2.88. The molecule has 1 amide bonds. The topological polar surface area (TPSA) is 50.7 Å². The second-order valence-electron chi connectivity index (χ2n) is 4.64. The van der Waals surface area contributed by atoms with Gasteiger partial charge in [0, 0.05) is 6.21 Å². The first kappa shape index (κ1) is 15.5. The minimum Gasteiger partial charge on any atom is -0.483 e. The Morgan fingerprint density at radius 3 is 2.64 bits per heavy atom. The third kappa shape index (κ3) is 5.25. The van der Waals surface area contributed by atoms with Crippen molar-refractivity contribution in [2.75, 3.05) is 6.61 Å². The minimum atomic E-state index is -0.299. The second kappa shape index (κ2) is 8.42. The average molecular weight is 294 g/mol. The molecule has 0 heterocycles. The van der Waals surface area contributed by atoms with Crippen LogP contribution in [0.5, 0.6) is 5.75 Å². The lowest BCUT2D eigenvalue weighted by Crippen LogP contribution is -2.24. The molecule has 0 aliphatic rings. The van der Waals surface area contributed by atoms with Crippen molar-refractivity contribution in [3.05, 3.63) is 71.8 Å². The van der Waals surface area contributed by atoms with Crippen LogP contribution in [-0.4, -0.2) is 18.7 Å². The lowest BCUT2D eigenvalue weighted by atomic mass is 10.2. The van der Waals surface area contributed by atoms with Crippen LogP contribution in [-0.2, 0) is 4.79 Å². The monoisotopic (exact) mass is 294 g/mol. The van der Waals surface area contributed by atoms with Gasteiger partial charge in [-0.15, -0.1) is 0 Å². The van der Waals surface area contributed by atoms with Gasteiger partial charge in [0.15, 0.2) is 6.61 Å². The van der Waals surface area contributed by atoms with E-state index in [0.717, 1.165) is 11.1 Å². The minimum absolute atomic E-state index is 0.0649. The third-order valence-electron chi connectivity index (χ3n) is 2.89. The highest BCUT2D eigenvalue weighted by molar-refractivity contribution is 5.81. The molecule has 2 aromatic carbocycles. The highest BCUT2D eigenvalue weighted by Gasteiger charge is 2.02. The van der Waals surface area contributed by atoms with Gasteiger partial charge in [0.25, 0.3) is 5.91 Å². The SMILES string of the molecule is Cc1ccccc1OCC(=O)N/N=C\C=C\c1ccccc1. The second-order valence-corrected chi connectivity index (χ2v) is 4.64. The molecule has 0 aliphatic heterocycles. The fraction of sp³-hybridized carbons (Fsp3) is 0.111. The van der Waals surface area contributed by atoms with E-state index in [1.165, 1.54) is 6.21 Å². The molecule has 1 N–H and O–H groups in total. The lowest BCUT2D eigenvalue weighted by molar-refractivity contribution is -0.123. The summed E-state index contributed by atoms with van der Waals surface area (Å²) in [5.41, 5.74) is 4.48. The van der Waals surface area contributed by atoms with Crippen LogP contribution in [0.2, 0.25) is 0 Å². The summed E-state index contributed by atoms with van der Waals surface area (Å²) in [6, 6.07) is 17.4. The van der Waals surface area contributed by atoms with E-state index in [0.29, 0.717) is 5.75 Å². The van der Waals surface area contributed by atoms with Crippen molar-refractivity contribution < 1.29 is 9.53 Å². The Morgan fingerprint density at radius 2 is 1.86 bits per heavy atom. The summed E-state index contributed by atoms with van der Waals surface area (Å²) in [4.78, 5) is 11.6. The Morgan fingerprint density at radius 1 is 1.14 bits per heavy atom. The summed E-state index contributed by atoms with van der Waals surface area (Å²) in [5, 5.41) is 3.83. The highest BCUT2D eigenvalue weighted by atomic mass is 16.5. The molecule has 0 saturated heterocycles. The quantitative estimate of drug-likeness (QED) is 0.657. The first-order valence-electron chi connectivity index (χ1n) is 6.98. The van der Waals surface area contributed by atoms with Crippen molar-refractivity contribution >= 4 is 18.2 Å². The molecule has 0 fully saturated rings. The first-order chi connectivity index (χ1) is 10.8. The summed E-state index contributed by atoms with van der Waals surface area (Å²) in [5.74, 6) is 0.401. The average Bonchev–Trinajstić information content (AvgIpc) is 2.55. The summed E-state index contributed by atoms with van der Waals surface area (Å²) in [6.45, 7) is 1.87. The number of hydrogen-bond acceptors (Lipinski definition) is 3. The number of benzene rings is 2. The molecule has 0 aliphatic carbocycles. The van der Waals surface area contributed by atoms with Crippen molar-refractivity contribution in [1.29, 1.82) is 0 Å². The fourth-order valence-electron chi connectivity index (χ4n) is 1.76. The smallest absolute Gasteiger partial charge is 0.277 e. The summed E-state index contributed by atoms with van der Waals surface area (Å²) in [7, 11) is 0. The maximum absolute atomic E-state index is 11.6. The number of nitrogens with zero attached hydrogens (tertiary/aromatic N) is 1. The Bertz CT molecular complexity index is 664. The molecule has 0 bridgehead atoms. The third-order valence-corrected chi connectivity index (χ3v) is 2.89. The number of nitrogens with one attached hydrogen (secondary N) is 1. The number of aryl methyl sites for hydroxylation is 1. The maximum Gasteiger partial charge on any atom is 0.277 e. The molecule has 0 radical (unpaired) electrons. The van der Waals surface area contributed by atoms with Crippen molar-refractivity contribution in [1.82, 2.24) is 5.43 Å². The zero-order chi connectivity index (χ0) is 15.6. The molecule has 2 rings (SSSR count). The maximum atomic E-state index is 11.6. The Kier molecular flexibility index (Phi) is 5.93. The van der Waals surface area contributed by atoms with Gasteiger partial charge in [-0.25, -0.2) is 5.43 Å². The number of hydrogen-bond donors (Lipinski definition) is 1. The fourth-order valence-corrected chi connectivity index (χ4v) is 1.76. The van der Waals surface area contributed by atoms with Crippen LogP contribution in [0.3, 0.4) is 0 Å². The lowest BCUT2D eigenvalue weighted by Gasteiger charge is -2.07. The molecule has 2 aromatic rings. The molecule has 4 heteroatoms. The van der Waals surface area contributed by atoms with Gasteiger partial charge < -0.3 is 4.74 Å². The van der Waals surface area contributed by atoms with E-state index < -0.39 is 0 Å². The molecule has 0 aromatic heterocycles. The predicted molar refractivity (Wildman–Crippen MR) is 88.8 cm³/mol. The first-order valence-corrected chi connectivity index (χ1v) is 6.98. The van der Waals surface area contributed by atoms with Crippen LogP contribution in [0.15, 0.2) is 65.8 Å². The van der Waals surface area contributed by atoms with E-state index in [-0.39, 0.29) is 12.5 Å². The van der Waals surface area contributed by atoms with Crippen molar-refractivity contribution in [2.45, 2.75) is 6.92 Å². The van der Waals surface area contributed by atoms with Crippen molar-refractivity contribution in [3.8, 4) is 5.75 Å². The van der Waals surface area contributed by atoms with Gasteiger partial charge in [-0.2, -0.15) is 5.10 Å². The van der Waals surface area contributed by atoms with Gasteiger partial charge >= 0.3 is 0 Å². The zero-order valence-corrected chi connectivity index (χ0v) is 12.4. The van der Waals surface area contributed by atoms with Crippen molar-refractivity contribution in [2.24, 2.45) is 5.10 Å². The van der Waals surface area contributed by atoms with E-state index in [4.69, 9.17) is 4.74 Å². The van der Waals surface area contributed by atoms with Gasteiger partial charge in [-0.1, -0.05) is 54.6 Å². The molecule has 0 atom stereocenters. The van der Waals surface area contributed by atoms with Gasteiger partial charge in [0.05, 0.1) is 0 Å². The summed E-state index contributed by atoms with van der Waals surface area (Å²) in [6.07, 6.45) is 5.19. The highest BCUT2D eigenvalue weighted by Crippen LogP contribution is 2.15. The Balaban J connectivity index is 1.73. The zero-order valence-electron chi connectivity index (χ0n) is 12.4. The van der Waals surface area contributed by atoms with Crippen LogP contribution >= 0.6 is 0 Å².